The molecular formula is C16H18Cl2N2OS. The number of hydrogen-bond acceptors (Lipinski definition) is 3. The lowest BCUT2D eigenvalue weighted by Gasteiger charge is -2.28. The van der Waals surface area contributed by atoms with Gasteiger partial charge in [-0.2, -0.15) is 0 Å². The van der Waals surface area contributed by atoms with E-state index in [1.165, 1.54) is 22.5 Å². The Bertz CT molecular complexity index is 659. The first-order valence-corrected chi connectivity index (χ1v) is 8.12. The molecule has 0 saturated heterocycles. The number of fused-ring (bicyclic) bond motifs is 1. The highest BCUT2D eigenvalue weighted by Gasteiger charge is 2.26. The second kappa shape index (κ2) is 7.47. The molecule has 1 aromatic heterocycles. The molecule has 6 heteroatoms. The highest BCUT2D eigenvalue weighted by molar-refractivity contribution is 7.16. The van der Waals surface area contributed by atoms with Crippen LogP contribution in [0, 0.1) is 0 Å². The second-order valence-corrected chi connectivity index (χ2v) is 7.11. The average molecular weight is 357 g/mol. The third-order valence-corrected chi connectivity index (χ3v) is 4.99. The van der Waals surface area contributed by atoms with Crippen LogP contribution in [-0.4, -0.2) is 23.9 Å². The molecule has 1 aliphatic heterocycles. The molecule has 3 rings (SSSR count). The van der Waals surface area contributed by atoms with Crippen molar-refractivity contribution in [2.45, 2.75) is 25.6 Å². The van der Waals surface area contributed by atoms with Crippen LogP contribution in [0.25, 0.3) is 0 Å². The third-order valence-electron chi connectivity index (χ3n) is 3.78. The van der Waals surface area contributed by atoms with Gasteiger partial charge in [-0.05, 0) is 29.7 Å². The van der Waals surface area contributed by atoms with Gasteiger partial charge in [0.15, 0.2) is 0 Å². The summed E-state index contributed by atoms with van der Waals surface area (Å²) < 4.78 is 0.760. The molecule has 3 nitrogen and oxygen atoms in total. The summed E-state index contributed by atoms with van der Waals surface area (Å²) in [5.74, 6) is 0.133. The summed E-state index contributed by atoms with van der Waals surface area (Å²) in [4.78, 5) is 15.4. The fraction of sp³-hybridized carbons (Fsp3) is 0.312. The van der Waals surface area contributed by atoms with E-state index in [2.05, 4.69) is 17.4 Å². The number of thiophene rings is 1. The van der Waals surface area contributed by atoms with Gasteiger partial charge in [0.25, 0.3) is 0 Å². The summed E-state index contributed by atoms with van der Waals surface area (Å²) in [7, 11) is 1.85. The van der Waals surface area contributed by atoms with E-state index in [0.29, 0.717) is 6.54 Å². The summed E-state index contributed by atoms with van der Waals surface area (Å²) in [6.07, 6.45) is 0.755. The molecule has 2 aromatic rings. The van der Waals surface area contributed by atoms with Crippen LogP contribution in [0.3, 0.4) is 0 Å². The zero-order chi connectivity index (χ0) is 14.8. The van der Waals surface area contributed by atoms with Gasteiger partial charge in [-0.25, -0.2) is 0 Å². The first kappa shape index (κ1) is 17.3. The van der Waals surface area contributed by atoms with Crippen LogP contribution >= 0.6 is 35.3 Å². The van der Waals surface area contributed by atoms with Crippen LogP contribution in [0.15, 0.2) is 36.4 Å². The first-order chi connectivity index (χ1) is 10.1. The largest absolute Gasteiger partial charge is 0.339 e. The van der Waals surface area contributed by atoms with E-state index < -0.39 is 0 Å². The van der Waals surface area contributed by atoms with Crippen LogP contribution in [0.4, 0.5) is 0 Å². The molecule has 1 atom stereocenters. The molecule has 1 amide bonds. The first-order valence-electron chi connectivity index (χ1n) is 6.93. The van der Waals surface area contributed by atoms with Gasteiger partial charge in [0.1, 0.15) is 0 Å². The van der Waals surface area contributed by atoms with Crippen molar-refractivity contribution < 1.29 is 4.79 Å². The second-order valence-electron chi connectivity index (χ2n) is 5.31. The van der Waals surface area contributed by atoms with Crippen LogP contribution in [0.5, 0.6) is 0 Å². The van der Waals surface area contributed by atoms with Crippen molar-refractivity contribution in [3.8, 4) is 0 Å². The third kappa shape index (κ3) is 3.82. The predicted molar refractivity (Wildman–Crippen MR) is 93.8 cm³/mol. The molecule has 0 saturated carbocycles. The van der Waals surface area contributed by atoms with Gasteiger partial charge in [0, 0.05) is 18.5 Å². The Balaban J connectivity index is 0.00000176. The average Bonchev–Trinajstić information content (AvgIpc) is 2.91. The van der Waals surface area contributed by atoms with Crippen molar-refractivity contribution in [3.63, 3.8) is 0 Å². The number of nitrogens with zero attached hydrogens (tertiary/aromatic N) is 1. The van der Waals surface area contributed by atoms with E-state index in [1.807, 2.05) is 31.3 Å². The maximum atomic E-state index is 12.6. The summed E-state index contributed by atoms with van der Waals surface area (Å²) >= 11 is 7.45. The molecule has 118 valence electrons. The van der Waals surface area contributed by atoms with Crippen molar-refractivity contribution in [1.82, 2.24) is 10.2 Å². The quantitative estimate of drug-likeness (QED) is 0.912. The van der Waals surface area contributed by atoms with Crippen LogP contribution < -0.4 is 5.32 Å². The minimum atomic E-state index is -0.139. The highest BCUT2D eigenvalue weighted by atomic mass is 35.5. The Kier molecular flexibility index (Phi) is 5.87. The number of nitrogens with one attached hydrogen (secondary N) is 1. The molecule has 0 fully saturated rings. The van der Waals surface area contributed by atoms with E-state index >= 15 is 0 Å². The number of halogens is 2. The van der Waals surface area contributed by atoms with E-state index in [-0.39, 0.29) is 24.4 Å². The summed E-state index contributed by atoms with van der Waals surface area (Å²) in [5, 5.41) is 3.33. The minimum absolute atomic E-state index is 0. The standard InChI is InChI=1S/C16H17ClN2OS.ClH/c1-19(10-13-6-7-15(17)21-13)16(20)14-8-11-4-2-3-5-12(11)9-18-14;/h2-7,14,18H,8-10H2,1H3;1H. The van der Waals surface area contributed by atoms with E-state index in [1.54, 1.807) is 4.90 Å². The lowest BCUT2D eigenvalue weighted by molar-refractivity contribution is -0.132. The highest BCUT2D eigenvalue weighted by Crippen LogP contribution is 2.23. The van der Waals surface area contributed by atoms with Crippen LogP contribution in [-0.2, 0) is 24.3 Å². The molecule has 1 N–H and O–H groups in total. The Morgan fingerprint density at radius 3 is 2.73 bits per heavy atom. The fourth-order valence-corrected chi connectivity index (χ4v) is 3.78. The fourth-order valence-electron chi connectivity index (χ4n) is 2.64. The predicted octanol–water partition coefficient (Wildman–Crippen LogP) is 3.50. The van der Waals surface area contributed by atoms with Crippen molar-refractivity contribution in [1.29, 1.82) is 0 Å². The number of likely N-dealkylation sites (N-methyl/N-ethyl adjacent to an activating group) is 1. The molecular weight excluding hydrogens is 339 g/mol. The van der Waals surface area contributed by atoms with Gasteiger partial charge >= 0.3 is 0 Å². The van der Waals surface area contributed by atoms with Crippen molar-refractivity contribution in [3.05, 3.63) is 56.7 Å². The van der Waals surface area contributed by atoms with Gasteiger partial charge < -0.3 is 10.2 Å². The Labute approximate surface area is 145 Å². The smallest absolute Gasteiger partial charge is 0.240 e. The van der Waals surface area contributed by atoms with E-state index in [4.69, 9.17) is 11.6 Å². The molecule has 22 heavy (non-hydrogen) atoms. The van der Waals surface area contributed by atoms with E-state index in [0.717, 1.165) is 22.2 Å². The van der Waals surface area contributed by atoms with E-state index in [9.17, 15) is 4.79 Å². The monoisotopic (exact) mass is 356 g/mol. The Hall–Kier alpha value is -1.07. The number of rotatable bonds is 3. The SMILES string of the molecule is CN(Cc1ccc(Cl)s1)C(=O)C1Cc2ccccc2CN1.Cl. The maximum Gasteiger partial charge on any atom is 0.240 e. The maximum absolute atomic E-state index is 12.6. The van der Waals surface area contributed by atoms with Crippen molar-refractivity contribution >= 4 is 41.3 Å². The van der Waals surface area contributed by atoms with Crippen LogP contribution in [0.1, 0.15) is 16.0 Å². The van der Waals surface area contributed by atoms with Gasteiger partial charge in [-0.3, -0.25) is 4.79 Å². The van der Waals surface area contributed by atoms with Gasteiger partial charge in [-0.15, -0.1) is 23.7 Å². The number of amides is 1. The Morgan fingerprint density at radius 2 is 2.05 bits per heavy atom. The van der Waals surface area contributed by atoms with Gasteiger partial charge in [0.05, 0.1) is 16.9 Å². The zero-order valence-electron chi connectivity index (χ0n) is 12.2. The Morgan fingerprint density at radius 1 is 1.32 bits per heavy atom. The number of carbonyl (C=O) groups is 1. The summed E-state index contributed by atoms with van der Waals surface area (Å²) in [5.41, 5.74) is 2.55. The van der Waals surface area contributed by atoms with Crippen molar-refractivity contribution in [2.75, 3.05) is 7.05 Å². The molecule has 1 aromatic carbocycles. The summed E-state index contributed by atoms with van der Waals surface area (Å²) in [6, 6.07) is 12.0. The molecule has 2 heterocycles. The topological polar surface area (TPSA) is 32.3 Å². The molecule has 0 radical (unpaired) electrons. The lowest BCUT2D eigenvalue weighted by Crippen LogP contribution is -2.47. The van der Waals surface area contributed by atoms with Crippen molar-refractivity contribution in [2.24, 2.45) is 0 Å². The molecule has 0 bridgehead atoms. The number of hydrogen-bond donors (Lipinski definition) is 1. The number of benzene rings is 1. The number of carbonyl (C=O) groups excluding carboxylic acids is 1. The molecule has 1 aliphatic rings. The minimum Gasteiger partial charge on any atom is -0.339 e. The molecule has 0 aliphatic carbocycles. The van der Waals surface area contributed by atoms with Gasteiger partial charge in [0.2, 0.25) is 5.91 Å². The van der Waals surface area contributed by atoms with Gasteiger partial charge in [-0.1, -0.05) is 35.9 Å². The summed E-state index contributed by atoms with van der Waals surface area (Å²) in [6.45, 7) is 1.36. The lowest BCUT2D eigenvalue weighted by atomic mass is 9.95. The molecule has 0 spiro atoms. The molecule has 1 unspecified atom stereocenters. The zero-order valence-corrected chi connectivity index (χ0v) is 14.6. The van der Waals surface area contributed by atoms with Crippen LogP contribution in [0.2, 0.25) is 4.34 Å². The normalized spacial score (nSPS) is 16.5.